The van der Waals surface area contributed by atoms with Gasteiger partial charge in [0.2, 0.25) is 0 Å². The van der Waals surface area contributed by atoms with Crippen molar-refractivity contribution in [3.05, 3.63) is 47.7 Å². The molecular weight excluding hydrogens is 260 g/mol. The SMILES string of the molecule is CCc1ccc([C@H]2C[C@@H](C(F)F)n3nccc3N2)cc1. The quantitative estimate of drug-likeness (QED) is 0.924. The van der Waals surface area contributed by atoms with E-state index in [1.54, 1.807) is 12.3 Å². The summed E-state index contributed by atoms with van der Waals surface area (Å²) in [7, 11) is 0. The van der Waals surface area contributed by atoms with Crippen molar-refractivity contribution in [2.24, 2.45) is 0 Å². The first kappa shape index (κ1) is 13.1. The van der Waals surface area contributed by atoms with E-state index in [4.69, 9.17) is 0 Å². The molecule has 3 nitrogen and oxygen atoms in total. The van der Waals surface area contributed by atoms with Crippen LogP contribution in [0.4, 0.5) is 14.6 Å². The van der Waals surface area contributed by atoms with Crippen LogP contribution in [0, 0.1) is 0 Å². The first-order valence-electron chi connectivity index (χ1n) is 6.86. The molecule has 20 heavy (non-hydrogen) atoms. The van der Waals surface area contributed by atoms with Gasteiger partial charge >= 0.3 is 0 Å². The summed E-state index contributed by atoms with van der Waals surface area (Å²) in [5.41, 5.74) is 2.29. The molecular formula is C15H17F2N3. The second-order valence-electron chi connectivity index (χ2n) is 5.09. The van der Waals surface area contributed by atoms with Crippen molar-refractivity contribution in [1.82, 2.24) is 9.78 Å². The Morgan fingerprint density at radius 1 is 1.30 bits per heavy atom. The van der Waals surface area contributed by atoms with Crippen molar-refractivity contribution < 1.29 is 8.78 Å². The van der Waals surface area contributed by atoms with Crippen molar-refractivity contribution in [3.8, 4) is 0 Å². The largest absolute Gasteiger partial charge is 0.363 e. The Kier molecular flexibility index (Phi) is 3.42. The van der Waals surface area contributed by atoms with Gasteiger partial charge in [0.1, 0.15) is 11.9 Å². The van der Waals surface area contributed by atoms with E-state index in [9.17, 15) is 8.78 Å². The fourth-order valence-electron chi connectivity index (χ4n) is 2.69. The molecule has 1 aliphatic rings. The zero-order valence-corrected chi connectivity index (χ0v) is 11.3. The second kappa shape index (κ2) is 5.23. The molecule has 0 bridgehead atoms. The van der Waals surface area contributed by atoms with E-state index in [2.05, 4.69) is 29.5 Å². The van der Waals surface area contributed by atoms with E-state index < -0.39 is 12.5 Å². The van der Waals surface area contributed by atoms with Gasteiger partial charge in [0.15, 0.2) is 0 Å². The van der Waals surface area contributed by atoms with Gasteiger partial charge in [0.05, 0.1) is 12.2 Å². The molecule has 2 heterocycles. The normalized spacial score (nSPS) is 21.6. The van der Waals surface area contributed by atoms with Crippen molar-refractivity contribution in [1.29, 1.82) is 0 Å². The zero-order chi connectivity index (χ0) is 14.1. The highest BCUT2D eigenvalue weighted by molar-refractivity contribution is 5.41. The van der Waals surface area contributed by atoms with E-state index >= 15 is 0 Å². The number of alkyl halides is 2. The molecule has 0 unspecified atom stereocenters. The fraction of sp³-hybridized carbons (Fsp3) is 0.400. The molecule has 0 amide bonds. The smallest absolute Gasteiger partial charge is 0.260 e. The third-order valence-corrected chi connectivity index (χ3v) is 3.86. The maximum absolute atomic E-state index is 13.2. The number of aryl methyl sites for hydroxylation is 1. The molecule has 0 spiro atoms. The van der Waals surface area contributed by atoms with Crippen molar-refractivity contribution in [3.63, 3.8) is 0 Å². The number of anilines is 1. The summed E-state index contributed by atoms with van der Waals surface area (Å²) in [4.78, 5) is 0. The molecule has 0 saturated carbocycles. The standard InChI is InChI=1S/C15H17F2N3/c1-2-10-3-5-11(6-4-10)12-9-13(15(16)17)20-14(19-12)7-8-18-20/h3-8,12-13,15,19H,2,9H2,1H3/t12-,13+/m1/s1. The van der Waals surface area contributed by atoms with Gasteiger partial charge in [-0.05, 0) is 24.0 Å². The lowest BCUT2D eigenvalue weighted by molar-refractivity contribution is 0.0658. The molecule has 5 heteroatoms. The summed E-state index contributed by atoms with van der Waals surface area (Å²) in [5.74, 6) is 0.658. The molecule has 0 aliphatic carbocycles. The van der Waals surface area contributed by atoms with Gasteiger partial charge < -0.3 is 5.32 Å². The Morgan fingerprint density at radius 3 is 2.70 bits per heavy atom. The molecule has 1 N–H and O–H groups in total. The fourth-order valence-corrected chi connectivity index (χ4v) is 2.69. The third kappa shape index (κ3) is 2.28. The van der Waals surface area contributed by atoms with Crippen LogP contribution in [0.2, 0.25) is 0 Å². The van der Waals surface area contributed by atoms with Gasteiger partial charge in [-0.1, -0.05) is 31.2 Å². The number of halogens is 2. The van der Waals surface area contributed by atoms with E-state index in [1.165, 1.54) is 10.2 Å². The second-order valence-corrected chi connectivity index (χ2v) is 5.09. The molecule has 1 aromatic carbocycles. The molecule has 3 rings (SSSR count). The minimum absolute atomic E-state index is 0.0934. The predicted molar refractivity (Wildman–Crippen MR) is 74.1 cm³/mol. The Bertz CT molecular complexity index is 577. The summed E-state index contributed by atoms with van der Waals surface area (Å²) < 4.78 is 27.8. The van der Waals surface area contributed by atoms with Crippen LogP contribution < -0.4 is 5.32 Å². The Morgan fingerprint density at radius 2 is 2.05 bits per heavy atom. The number of rotatable bonds is 3. The zero-order valence-electron chi connectivity index (χ0n) is 11.3. The lowest BCUT2D eigenvalue weighted by Crippen LogP contribution is -2.30. The van der Waals surface area contributed by atoms with Crippen molar-refractivity contribution in [2.45, 2.75) is 38.3 Å². The Balaban J connectivity index is 1.88. The third-order valence-electron chi connectivity index (χ3n) is 3.86. The molecule has 2 aromatic rings. The number of fused-ring (bicyclic) bond motifs is 1. The number of benzene rings is 1. The summed E-state index contributed by atoms with van der Waals surface area (Å²) in [6.07, 6.45) is 0.469. The number of aromatic nitrogens is 2. The molecule has 0 radical (unpaired) electrons. The Hall–Kier alpha value is -1.91. The van der Waals surface area contributed by atoms with E-state index in [1.807, 2.05) is 12.1 Å². The lowest BCUT2D eigenvalue weighted by atomic mass is 9.96. The summed E-state index contributed by atoms with van der Waals surface area (Å²) in [6.45, 7) is 2.10. The molecule has 106 valence electrons. The van der Waals surface area contributed by atoms with Gasteiger partial charge in [0.25, 0.3) is 6.43 Å². The van der Waals surface area contributed by atoms with Gasteiger partial charge in [-0.15, -0.1) is 0 Å². The average molecular weight is 277 g/mol. The van der Waals surface area contributed by atoms with Crippen LogP contribution in [-0.2, 0) is 6.42 Å². The van der Waals surface area contributed by atoms with Gasteiger partial charge in [-0.2, -0.15) is 5.10 Å². The highest BCUT2D eigenvalue weighted by atomic mass is 19.3. The maximum atomic E-state index is 13.2. The van der Waals surface area contributed by atoms with Crippen molar-refractivity contribution in [2.75, 3.05) is 5.32 Å². The van der Waals surface area contributed by atoms with Crippen LogP contribution in [0.25, 0.3) is 0 Å². The number of hydrogen-bond acceptors (Lipinski definition) is 2. The molecule has 0 saturated heterocycles. The average Bonchev–Trinajstić information content (AvgIpc) is 2.94. The first-order valence-corrected chi connectivity index (χ1v) is 6.86. The highest BCUT2D eigenvalue weighted by Gasteiger charge is 2.33. The van der Waals surface area contributed by atoms with Gasteiger partial charge in [0, 0.05) is 6.07 Å². The predicted octanol–water partition coefficient (Wildman–Crippen LogP) is 3.81. The molecule has 2 atom stereocenters. The molecule has 1 aromatic heterocycles. The summed E-state index contributed by atoms with van der Waals surface area (Å²) in [5, 5.41) is 7.27. The molecule has 1 aliphatic heterocycles. The highest BCUT2D eigenvalue weighted by Crippen LogP contribution is 2.37. The number of nitrogens with one attached hydrogen (secondary N) is 1. The van der Waals surface area contributed by atoms with Crippen LogP contribution in [0.3, 0.4) is 0 Å². The minimum atomic E-state index is -2.41. The van der Waals surface area contributed by atoms with E-state index in [-0.39, 0.29) is 6.04 Å². The van der Waals surface area contributed by atoms with Crippen LogP contribution in [-0.4, -0.2) is 16.2 Å². The molecule has 0 fully saturated rings. The number of nitrogens with zero attached hydrogens (tertiary/aromatic N) is 2. The van der Waals surface area contributed by atoms with Crippen LogP contribution in [0.15, 0.2) is 36.5 Å². The van der Waals surface area contributed by atoms with Crippen LogP contribution >= 0.6 is 0 Å². The Labute approximate surface area is 116 Å². The van der Waals surface area contributed by atoms with Crippen LogP contribution in [0.5, 0.6) is 0 Å². The monoisotopic (exact) mass is 277 g/mol. The number of hydrogen-bond donors (Lipinski definition) is 1. The van der Waals surface area contributed by atoms with Gasteiger partial charge in [-0.3, -0.25) is 0 Å². The topological polar surface area (TPSA) is 29.9 Å². The maximum Gasteiger partial charge on any atom is 0.260 e. The first-order chi connectivity index (χ1) is 9.69. The van der Waals surface area contributed by atoms with E-state index in [0.29, 0.717) is 12.2 Å². The summed E-state index contributed by atoms with van der Waals surface area (Å²) in [6, 6.07) is 8.93. The van der Waals surface area contributed by atoms with Gasteiger partial charge in [-0.25, -0.2) is 13.5 Å². The van der Waals surface area contributed by atoms with E-state index in [0.717, 1.165) is 12.0 Å². The summed E-state index contributed by atoms with van der Waals surface area (Å²) >= 11 is 0. The van der Waals surface area contributed by atoms with Crippen LogP contribution in [0.1, 0.15) is 36.6 Å². The lowest BCUT2D eigenvalue weighted by Gasteiger charge is -2.32. The van der Waals surface area contributed by atoms with Crippen molar-refractivity contribution >= 4 is 5.82 Å². The minimum Gasteiger partial charge on any atom is -0.363 e.